The number of hydrogen-bond donors (Lipinski definition) is 3. The molecule has 5 heteroatoms. The van der Waals surface area contributed by atoms with Gasteiger partial charge in [0.05, 0.1) is 0 Å². The average molecular weight is 256 g/mol. The lowest BCUT2D eigenvalue weighted by molar-refractivity contribution is -0.139. The van der Waals surface area contributed by atoms with E-state index in [-0.39, 0.29) is 12.1 Å². The van der Waals surface area contributed by atoms with Crippen LogP contribution in [0, 0.1) is 5.92 Å². The fourth-order valence-electron chi connectivity index (χ4n) is 2.39. The summed E-state index contributed by atoms with van der Waals surface area (Å²) in [6, 6.07) is -0.940. The van der Waals surface area contributed by atoms with Crippen molar-refractivity contribution in [3.05, 3.63) is 0 Å². The number of urea groups is 1. The van der Waals surface area contributed by atoms with Gasteiger partial charge in [-0.15, -0.1) is 0 Å². The van der Waals surface area contributed by atoms with Gasteiger partial charge >= 0.3 is 12.0 Å². The number of unbranched alkanes of at least 4 members (excludes halogenated alkanes) is 1. The van der Waals surface area contributed by atoms with Crippen LogP contribution in [0.1, 0.15) is 52.4 Å². The maximum absolute atomic E-state index is 11.7. The Hall–Kier alpha value is -1.26. The Morgan fingerprint density at radius 2 is 2.11 bits per heavy atom. The van der Waals surface area contributed by atoms with Gasteiger partial charge in [0.25, 0.3) is 0 Å². The summed E-state index contributed by atoms with van der Waals surface area (Å²) < 4.78 is 0. The highest BCUT2D eigenvalue weighted by Gasteiger charge is 2.26. The number of carbonyl (C=O) groups is 2. The van der Waals surface area contributed by atoms with E-state index in [4.69, 9.17) is 5.11 Å². The van der Waals surface area contributed by atoms with Crippen molar-refractivity contribution >= 4 is 12.0 Å². The Morgan fingerprint density at radius 3 is 2.61 bits per heavy atom. The lowest BCUT2D eigenvalue weighted by Crippen LogP contribution is -2.49. The molecule has 18 heavy (non-hydrogen) atoms. The van der Waals surface area contributed by atoms with Crippen LogP contribution in [0.2, 0.25) is 0 Å². The lowest BCUT2D eigenvalue weighted by atomic mass is 10.1. The fourth-order valence-corrected chi connectivity index (χ4v) is 2.39. The van der Waals surface area contributed by atoms with E-state index in [1.807, 2.05) is 6.92 Å². The molecule has 1 aliphatic rings. The van der Waals surface area contributed by atoms with Gasteiger partial charge in [0.1, 0.15) is 6.04 Å². The summed E-state index contributed by atoms with van der Waals surface area (Å²) in [4.78, 5) is 22.7. The molecule has 5 nitrogen and oxygen atoms in total. The van der Waals surface area contributed by atoms with Crippen molar-refractivity contribution < 1.29 is 14.7 Å². The third kappa shape index (κ3) is 4.55. The molecule has 0 spiro atoms. The number of rotatable bonds is 6. The molecule has 1 saturated carbocycles. The molecule has 3 unspecified atom stereocenters. The minimum atomic E-state index is -0.960. The number of carboxylic acid groups (broad SMARTS) is 1. The molecule has 104 valence electrons. The molecular weight excluding hydrogens is 232 g/mol. The number of carbonyl (C=O) groups excluding carboxylic acids is 1. The summed E-state index contributed by atoms with van der Waals surface area (Å²) >= 11 is 0. The number of hydrogen-bond acceptors (Lipinski definition) is 2. The zero-order valence-electron chi connectivity index (χ0n) is 11.2. The Kier molecular flexibility index (Phi) is 5.95. The van der Waals surface area contributed by atoms with Gasteiger partial charge in [-0.3, -0.25) is 0 Å². The largest absolute Gasteiger partial charge is 0.480 e. The topological polar surface area (TPSA) is 78.4 Å². The molecule has 0 aromatic rings. The van der Waals surface area contributed by atoms with Crippen LogP contribution < -0.4 is 10.6 Å². The standard InChI is InChI=1S/C13H24N2O3/c1-3-4-7-11(12(16)17)15-13(18)14-10-8-5-6-9(10)2/h9-11H,3-8H2,1-2H3,(H,16,17)(H2,14,15,18). The highest BCUT2D eigenvalue weighted by atomic mass is 16.4. The van der Waals surface area contributed by atoms with E-state index in [2.05, 4.69) is 17.6 Å². The second-order valence-electron chi connectivity index (χ2n) is 5.17. The predicted molar refractivity (Wildman–Crippen MR) is 69.4 cm³/mol. The van der Waals surface area contributed by atoms with Crippen LogP contribution in [0.15, 0.2) is 0 Å². The number of carboxylic acids is 1. The molecule has 1 aliphatic carbocycles. The molecular formula is C13H24N2O3. The first kappa shape index (κ1) is 14.8. The van der Waals surface area contributed by atoms with Gasteiger partial charge in [-0.2, -0.15) is 0 Å². The first-order chi connectivity index (χ1) is 8.54. The van der Waals surface area contributed by atoms with Crippen molar-refractivity contribution in [3.8, 4) is 0 Å². The van der Waals surface area contributed by atoms with Crippen molar-refractivity contribution in [1.29, 1.82) is 0 Å². The predicted octanol–water partition coefficient (Wildman–Crippen LogP) is 2.12. The lowest BCUT2D eigenvalue weighted by Gasteiger charge is -2.20. The number of nitrogens with one attached hydrogen (secondary N) is 2. The van der Waals surface area contributed by atoms with E-state index in [0.717, 1.165) is 32.1 Å². The maximum atomic E-state index is 11.7. The third-order valence-electron chi connectivity index (χ3n) is 3.63. The molecule has 1 fully saturated rings. The van der Waals surface area contributed by atoms with Crippen LogP contribution in [-0.2, 0) is 4.79 Å². The monoisotopic (exact) mass is 256 g/mol. The molecule has 0 radical (unpaired) electrons. The minimum Gasteiger partial charge on any atom is -0.480 e. The van der Waals surface area contributed by atoms with Crippen LogP contribution in [0.25, 0.3) is 0 Å². The van der Waals surface area contributed by atoms with E-state index >= 15 is 0 Å². The molecule has 3 atom stereocenters. The Balaban J connectivity index is 2.38. The first-order valence-corrected chi connectivity index (χ1v) is 6.84. The second-order valence-corrected chi connectivity index (χ2v) is 5.17. The zero-order valence-corrected chi connectivity index (χ0v) is 11.2. The summed E-state index contributed by atoms with van der Waals surface area (Å²) in [6.07, 6.45) is 5.46. The van der Waals surface area contributed by atoms with E-state index in [0.29, 0.717) is 12.3 Å². The highest BCUT2D eigenvalue weighted by Crippen LogP contribution is 2.24. The molecule has 0 aromatic carbocycles. The average Bonchev–Trinajstić information content (AvgIpc) is 2.70. The number of aliphatic carboxylic acids is 1. The van der Waals surface area contributed by atoms with Gasteiger partial charge in [-0.1, -0.05) is 33.1 Å². The molecule has 0 saturated heterocycles. The van der Waals surface area contributed by atoms with Crippen molar-refractivity contribution in [1.82, 2.24) is 10.6 Å². The SMILES string of the molecule is CCCCC(NC(=O)NC1CCCC1C)C(=O)O. The van der Waals surface area contributed by atoms with Crippen LogP contribution in [0.3, 0.4) is 0 Å². The highest BCUT2D eigenvalue weighted by molar-refractivity contribution is 5.82. The molecule has 1 rings (SSSR count). The van der Waals surface area contributed by atoms with Crippen LogP contribution >= 0.6 is 0 Å². The first-order valence-electron chi connectivity index (χ1n) is 6.84. The molecule has 3 N–H and O–H groups in total. The van der Waals surface area contributed by atoms with E-state index in [1.165, 1.54) is 0 Å². The van der Waals surface area contributed by atoms with E-state index in [1.54, 1.807) is 0 Å². The van der Waals surface area contributed by atoms with Gasteiger partial charge in [0.15, 0.2) is 0 Å². The van der Waals surface area contributed by atoms with Crippen LogP contribution in [-0.4, -0.2) is 29.2 Å². The molecule has 2 amide bonds. The number of amides is 2. The maximum Gasteiger partial charge on any atom is 0.326 e. The third-order valence-corrected chi connectivity index (χ3v) is 3.63. The van der Waals surface area contributed by atoms with Gasteiger partial charge in [-0.25, -0.2) is 9.59 Å². The normalized spacial score (nSPS) is 24.6. The molecule has 0 aliphatic heterocycles. The van der Waals surface area contributed by atoms with Gasteiger partial charge < -0.3 is 15.7 Å². The summed E-state index contributed by atoms with van der Waals surface area (Å²) in [6.45, 7) is 4.11. The summed E-state index contributed by atoms with van der Waals surface area (Å²) in [5, 5.41) is 14.4. The molecule has 0 aromatic heterocycles. The van der Waals surface area contributed by atoms with E-state index < -0.39 is 12.0 Å². The smallest absolute Gasteiger partial charge is 0.326 e. The molecule has 0 heterocycles. The van der Waals surface area contributed by atoms with Crippen LogP contribution in [0.4, 0.5) is 4.79 Å². The Labute approximate surface area is 108 Å². The Morgan fingerprint density at radius 1 is 1.39 bits per heavy atom. The summed E-state index contributed by atoms with van der Waals surface area (Å²) in [5.41, 5.74) is 0. The zero-order chi connectivity index (χ0) is 13.5. The summed E-state index contributed by atoms with van der Waals surface area (Å²) in [5.74, 6) is -0.479. The second kappa shape index (κ2) is 7.24. The van der Waals surface area contributed by atoms with E-state index in [9.17, 15) is 9.59 Å². The fraction of sp³-hybridized carbons (Fsp3) is 0.846. The van der Waals surface area contributed by atoms with Gasteiger partial charge in [-0.05, 0) is 25.2 Å². The van der Waals surface area contributed by atoms with Crippen molar-refractivity contribution in [2.75, 3.05) is 0 Å². The minimum absolute atomic E-state index is 0.186. The van der Waals surface area contributed by atoms with Gasteiger partial charge in [0.2, 0.25) is 0 Å². The summed E-state index contributed by atoms with van der Waals surface area (Å²) in [7, 11) is 0. The quantitative estimate of drug-likeness (QED) is 0.681. The van der Waals surface area contributed by atoms with Gasteiger partial charge in [0, 0.05) is 6.04 Å². The van der Waals surface area contributed by atoms with Crippen LogP contribution in [0.5, 0.6) is 0 Å². The van der Waals surface area contributed by atoms with Crippen molar-refractivity contribution in [2.24, 2.45) is 5.92 Å². The molecule has 0 bridgehead atoms. The van der Waals surface area contributed by atoms with Crippen molar-refractivity contribution in [3.63, 3.8) is 0 Å². The Bertz CT molecular complexity index is 294. The van der Waals surface area contributed by atoms with Crippen molar-refractivity contribution in [2.45, 2.75) is 64.5 Å².